The van der Waals surface area contributed by atoms with Crippen molar-refractivity contribution in [2.24, 2.45) is 0 Å². The van der Waals surface area contributed by atoms with Crippen LogP contribution in [0.3, 0.4) is 0 Å². The summed E-state index contributed by atoms with van der Waals surface area (Å²) in [5, 5.41) is 1.08. The summed E-state index contributed by atoms with van der Waals surface area (Å²) < 4.78 is 10.6. The average Bonchev–Trinajstić information content (AvgIpc) is 3.27. The molecule has 8 nitrogen and oxygen atoms in total. The van der Waals surface area contributed by atoms with Gasteiger partial charge in [-0.1, -0.05) is 59.7 Å². The Hall–Kier alpha value is -3.94. The number of imide groups is 1. The van der Waals surface area contributed by atoms with E-state index in [1.165, 1.54) is 7.11 Å². The molecule has 0 atom stereocenters. The Balaban J connectivity index is 0.00000101. The molecule has 1 aromatic heterocycles. The van der Waals surface area contributed by atoms with Crippen LogP contribution in [-0.2, 0) is 14.4 Å². The maximum atomic E-state index is 12.9. The lowest BCUT2D eigenvalue weighted by Crippen LogP contribution is -2.32. The first-order chi connectivity index (χ1) is 17.5. The monoisotopic (exact) mass is 496 g/mol. The highest BCUT2D eigenvalue weighted by Crippen LogP contribution is 2.33. The van der Waals surface area contributed by atoms with Crippen molar-refractivity contribution >= 4 is 28.7 Å². The maximum Gasteiger partial charge on any atom is 0.364 e. The van der Waals surface area contributed by atoms with Gasteiger partial charge in [-0.3, -0.25) is 9.59 Å². The van der Waals surface area contributed by atoms with Crippen molar-refractivity contribution in [3.8, 4) is 22.8 Å². The van der Waals surface area contributed by atoms with Crippen LogP contribution in [0.1, 0.15) is 64.7 Å². The van der Waals surface area contributed by atoms with Crippen LogP contribution in [0.15, 0.2) is 48.5 Å². The lowest BCUT2D eigenvalue weighted by molar-refractivity contribution is -0.172. The van der Waals surface area contributed by atoms with Crippen molar-refractivity contribution in [3.63, 3.8) is 0 Å². The van der Waals surface area contributed by atoms with E-state index < -0.39 is 17.8 Å². The summed E-state index contributed by atoms with van der Waals surface area (Å²) >= 11 is 0. The zero-order valence-electron chi connectivity index (χ0n) is 22.4. The molecule has 4 rings (SSSR count). The third kappa shape index (κ3) is 6.81. The molecule has 8 heteroatoms. The lowest BCUT2D eigenvalue weighted by atomic mass is 10.0. The zero-order valence-corrected chi connectivity index (χ0v) is 22.4. The number of fused-ring (bicyclic) bond motifs is 1. The van der Waals surface area contributed by atoms with Crippen LogP contribution in [0.5, 0.6) is 11.5 Å². The number of rotatable bonds is 5. The molecule has 0 bridgehead atoms. The van der Waals surface area contributed by atoms with Gasteiger partial charge in [-0.15, -0.1) is 5.06 Å². The summed E-state index contributed by atoms with van der Waals surface area (Å²) in [6.45, 7) is 12.0. The molecule has 1 aliphatic heterocycles. The lowest BCUT2D eigenvalue weighted by Gasteiger charge is -2.15. The Morgan fingerprint density at radius 1 is 0.806 bits per heavy atom. The van der Waals surface area contributed by atoms with Crippen molar-refractivity contribution in [3.05, 3.63) is 54.1 Å². The van der Waals surface area contributed by atoms with Crippen LogP contribution in [0.4, 0.5) is 0 Å². The summed E-state index contributed by atoms with van der Waals surface area (Å²) in [6.07, 6.45) is 0.0558. The van der Waals surface area contributed by atoms with Crippen molar-refractivity contribution in [1.82, 2.24) is 10.0 Å². The van der Waals surface area contributed by atoms with E-state index in [-0.39, 0.29) is 18.4 Å². The topological polar surface area (TPSA) is 95.0 Å². The van der Waals surface area contributed by atoms with Gasteiger partial charge in [0.2, 0.25) is 0 Å². The second-order valence-electron chi connectivity index (χ2n) is 6.60. The van der Waals surface area contributed by atoms with Gasteiger partial charge in [-0.25, -0.2) is 9.78 Å². The van der Waals surface area contributed by atoms with Gasteiger partial charge in [0.25, 0.3) is 11.8 Å². The van der Waals surface area contributed by atoms with E-state index >= 15 is 0 Å². The van der Waals surface area contributed by atoms with Gasteiger partial charge < -0.3 is 14.3 Å². The van der Waals surface area contributed by atoms with Crippen LogP contribution in [0.25, 0.3) is 22.2 Å². The third-order valence-corrected chi connectivity index (χ3v) is 4.80. The molecule has 0 unspecified atom stereocenters. The number of hydroxylamine groups is 2. The fraction of sp³-hybridized carbons (Fsp3) is 0.357. The fourth-order valence-corrected chi connectivity index (χ4v) is 3.28. The number of benzene rings is 2. The van der Waals surface area contributed by atoms with E-state index in [9.17, 15) is 14.4 Å². The molecule has 2 amide bonds. The van der Waals surface area contributed by atoms with E-state index in [1.54, 1.807) is 55.6 Å². The van der Waals surface area contributed by atoms with Crippen molar-refractivity contribution in [2.45, 2.75) is 54.4 Å². The Morgan fingerprint density at radius 2 is 1.39 bits per heavy atom. The number of methoxy groups -OCH3 is 2. The van der Waals surface area contributed by atoms with E-state index in [1.807, 2.05) is 41.5 Å². The molecular weight excluding hydrogens is 460 g/mol. The van der Waals surface area contributed by atoms with Gasteiger partial charge in [-0.05, 0) is 30.3 Å². The number of para-hydroxylation sites is 1. The van der Waals surface area contributed by atoms with Gasteiger partial charge >= 0.3 is 5.97 Å². The number of hydrogen-bond donors (Lipinski definition) is 0. The SMILES string of the molecule is CC.CC.CC.COc1ccc(-c2cc(C(=O)ON3C(=O)CCC3=O)c3ccccc3n2)cc1OC. The van der Waals surface area contributed by atoms with Crippen molar-refractivity contribution in [1.29, 1.82) is 0 Å². The zero-order chi connectivity index (χ0) is 27.3. The summed E-state index contributed by atoms with van der Waals surface area (Å²) in [4.78, 5) is 46.3. The van der Waals surface area contributed by atoms with Gasteiger partial charge in [0.05, 0.1) is 31.0 Å². The molecule has 0 N–H and O–H groups in total. The number of carbonyl (C=O) groups excluding carboxylic acids is 3. The number of aromatic nitrogens is 1. The Morgan fingerprint density at radius 3 is 1.97 bits per heavy atom. The first-order valence-electron chi connectivity index (χ1n) is 12.2. The van der Waals surface area contributed by atoms with Crippen LogP contribution in [0, 0.1) is 0 Å². The highest BCUT2D eigenvalue weighted by atomic mass is 16.7. The van der Waals surface area contributed by atoms with Gasteiger partial charge in [-0.2, -0.15) is 0 Å². The molecule has 1 aliphatic rings. The largest absolute Gasteiger partial charge is 0.493 e. The molecular formula is C28H36N2O6. The van der Waals surface area contributed by atoms with Gasteiger partial charge in [0.1, 0.15) is 0 Å². The van der Waals surface area contributed by atoms with E-state index in [0.717, 1.165) is 0 Å². The van der Waals surface area contributed by atoms with Crippen LogP contribution in [-0.4, -0.2) is 42.1 Å². The minimum Gasteiger partial charge on any atom is -0.493 e. The molecule has 0 radical (unpaired) electrons. The predicted octanol–water partition coefficient (Wildman–Crippen LogP) is 6.22. The Bertz CT molecular complexity index is 1160. The number of carbonyl (C=O) groups is 3. The number of pyridine rings is 1. The minimum atomic E-state index is -0.807. The van der Waals surface area contributed by atoms with E-state index in [2.05, 4.69) is 4.98 Å². The Labute approximate surface area is 213 Å². The molecule has 194 valence electrons. The fourth-order valence-electron chi connectivity index (χ4n) is 3.28. The first-order valence-corrected chi connectivity index (χ1v) is 12.2. The molecule has 1 fully saturated rings. The standard InChI is InChI=1S/C22H18N2O6.3C2H6/c1-28-18-8-7-13(11-19(18)29-2)17-12-15(14-5-3-4-6-16(14)23-17)22(27)30-24-20(25)9-10-21(24)26;3*1-2/h3-8,11-12H,9-10H2,1-2H3;3*1-2H3. The molecule has 0 spiro atoms. The summed E-state index contributed by atoms with van der Waals surface area (Å²) in [5.74, 6) is -0.798. The Kier molecular flexibility index (Phi) is 12.7. The third-order valence-electron chi connectivity index (χ3n) is 4.80. The normalized spacial score (nSPS) is 11.8. The predicted molar refractivity (Wildman–Crippen MR) is 141 cm³/mol. The van der Waals surface area contributed by atoms with Crippen molar-refractivity contribution < 1.29 is 28.7 Å². The molecule has 2 heterocycles. The van der Waals surface area contributed by atoms with Crippen LogP contribution in [0.2, 0.25) is 0 Å². The minimum absolute atomic E-state index is 0.0279. The quantitative estimate of drug-likeness (QED) is 0.387. The van der Waals surface area contributed by atoms with Gasteiger partial charge in [0.15, 0.2) is 11.5 Å². The molecule has 2 aromatic carbocycles. The van der Waals surface area contributed by atoms with E-state index in [0.29, 0.717) is 38.7 Å². The second kappa shape index (κ2) is 15.1. The summed E-state index contributed by atoms with van der Waals surface area (Å²) in [7, 11) is 3.07. The first kappa shape index (κ1) is 30.1. The average molecular weight is 497 g/mol. The number of amides is 2. The highest BCUT2D eigenvalue weighted by molar-refractivity contribution is 6.07. The molecule has 0 aliphatic carbocycles. The van der Waals surface area contributed by atoms with Crippen LogP contribution < -0.4 is 9.47 Å². The number of hydrogen-bond acceptors (Lipinski definition) is 7. The maximum absolute atomic E-state index is 12.9. The number of ether oxygens (including phenoxy) is 2. The second-order valence-corrected chi connectivity index (χ2v) is 6.60. The molecule has 3 aromatic rings. The van der Waals surface area contributed by atoms with Gasteiger partial charge in [0, 0.05) is 23.8 Å². The summed E-state index contributed by atoms with van der Waals surface area (Å²) in [5.41, 5.74) is 1.95. The van der Waals surface area contributed by atoms with Crippen LogP contribution >= 0.6 is 0 Å². The van der Waals surface area contributed by atoms with Crippen molar-refractivity contribution in [2.75, 3.05) is 14.2 Å². The summed E-state index contributed by atoms with van der Waals surface area (Å²) in [6, 6.07) is 13.9. The highest BCUT2D eigenvalue weighted by Gasteiger charge is 2.33. The van der Waals surface area contributed by atoms with E-state index in [4.69, 9.17) is 14.3 Å². The smallest absolute Gasteiger partial charge is 0.364 e. The molecule has 36 heavy (non-hydrogen) atoms. The number of nitrogens with zero attached hydrogens (tertiary/aromatic N) is 2. The molecule has 0 saturated carbocycles. The molecule has 1 saturated heterocycles.